The van der Waals surface area contributed by atoms with Gasteiger partial charge >= 0.3 is 0 Å². The Balaban J connectivity index is 1.99. The van der Waals surface area contributed by atoms with Crippen LogP contribution in [-0.2, 0) is 11.3 Å². The van der Waals surface area contributed by atoms with Crippen molar-refractivity contribution in [2.75, 3.05) is 39.3 Å². The highest BCUT2D eigenvalue weighted by Crippen LogP contribution is 2.17. The van der Waals surface area contributed by atoms with Crippen molar-refractivity contribution in [1.82, 2.24) is 10.3 Å². The second kappa shape index (κ2) is 11.7. The average molecular weight is 372 g/mol. The summed E-state index contributed by atoms with van der Waals surface area (Å²) in [5, 5.41) is 6.53. The molecule has 146 valence electrons. The second-order valence-electron chi connectivity index (χ2n) is 5.71. The lowest BCUT2D eigenvalue weighted by Crippen LogP contribution is -2.30. The zero-order valence-corrected chi connectivity index (χ0v) is 16.2. The van der Waals surface area contributed by atoms with Crippen LogP contribution in [0.15, 0.2) is 47.5 Å². The predicted octanol–water partition coefficient (Wildman–Crippen LogP) is 3.08. The van der Waals surface area contributed by atoms with Crippen LogP contribution in [0.1, 0.15) is 19.0 Å². The minimum Gasteiger partial charge on any atom is -0.493 e. The van der Waals surface area contributed by atoms with Crippen LogP contribution >= 0.6 is 0 Å². The number of benzene rings is 1. The SMILES string of the molecule is CCNC(=NCc1cccc(OC)n1)Nc1cccc(OCCCOC)c1. The first kappa shape index (κ1) is 20.5. The molecule has 0 saturated carbocycles. The van der Waals surface area contributed by atoms with E-state index in [1.54, 1.807) is 14.2 Å². The summed E-state index contributed by atoms with van der Waals surface area (Å²) < 4.78 is 15.9. The molecule has 7 nitrogen and oxygen atoms in total. The van der Waals surface area contributed by atoms with Crippen LogP contribution in [0.25, 0.3) is 0 Å². The van der Waals surface area contributed by atoms with Gasteiger partial charge in [-0.2, -0.15) is 0 Å². The van der Waals surface area contributed by atoms with Crippen LogP contribution in [0.2, 0.25) is 0 Å². The molecule has 0 aliphatic carbocycles. The number of hydrogen-bond acceptors (Lipinski definition) is 5. The zero-order chi connectivity index (χ0) is 19.3. The van der Waals surface area contributed by atoms with Crippen molar-refractivity contribution < 1.29 is 14.2 Å². The molecule has 1 aromatic heterocycles. The number of anilines is 1. The molecule has 0 saturated heterocycles. The van der Waals surface area contributed by atoms with Crippen molar-refractivity contribution in [3.05, 3.63) is 48.2 Å². The van der Waals surface area contributed by atoms with E-state index in [0.717, 1.165) is 30.1 Å². The molecule has 2 aromatic rings. The lowest BCUT2D eigenvalue weighted by atomic mass is 10.3. The molecule has 0 spiro atoms. The van der Waals surface area contributed by atoms with Gasteiger partial charge in [0.25, 0.3) is 0 Å². The van der Waals surface area contributed by atoms with Gasteiger partial charge in [0.1, 0.15) is 5.75 Å². The lowest BCUT2D eigenvalue weighted by molar-refractivity contribution is 0.172. The molecule has 0 aliphatic heterocycles. The fourth-order valence-electron chi connectivity index (χ4n) is 2.32. The van der Waals surface area contributed by atoms with Gasteiger partial charge in [-0.25, -0.2) is 9.98 Å². The summed E-state index contributed by atoms with van der Waals surface area (Å²) in [4.78, 5) is 8.97. The van der Waals surface area contributed by atoms with Crippen molar-refractivity contribution in [1.29, 1.82) is 0 Å². The van der Waals surface area contributed by atoms with E-state index < -0.39 is 0 Å². The van der Waals surface area contributed by atoms with E-state index in [9.17, 15) is 0 Å². The van der Waals surface area contributed by atoms with E-state index in [1.165, 1.54) is 0 Å². The Hall–Kier alpha value is -2.80. The molecule has 27 heavy (non-hydrogen) atoms. The minimum atomic E-state index is 0.444. The first-order valence-corrected chi connectivity index (χ1v) is 9.02. The summed E-state index contributed by atoms with van der Waals surface area (Å²) in [7, 11) is 3.29. The molecule has 2 N–H and O–H groups in total. The molecule has 0 bridgehead atoms. The number of methoxy groups -OCH3 is 2. The number of guanidine groups is 1. The fourth-order valence-corrected chi connectivity index (χ4v) is 2.32. The highest BCUT2D eigenvalue weighted by atomic mass is 16.5. The summed E-state index contributed by atoms with van der Waals surface area (Å²) in [6.07, 6.45) is 0.853. The summed E-state index contributed by atoms with van der Waals surface area (Å²) in [5.41, 5.74) is 1.74. The first-order chi connectivity index (χ1) is 13.2. The standard InChI is InChI=1S/C20H28N4O3/c1-4-21-20(22-15-17-9-6-11-19(23-17)26-3)24-16-8-5-10-18(14-16)27-13-7-12-25-2/h5-6,8-11,14H,4,7,12-13,15H2,1-3H3,(H2,21,22,24). The molecule has 7 heteroatoms. The van der Waals surface area contributed by atoms with Crippen molar-refractivity contribution in [3.63, 3.8) is 0 Å². The van der Waals surface area contributed by atoms with Gasteiger partial charge in [-0.1, -0.05) is 12.1 Å². The van der Waals surface area contributed by atoms with Gasteiger partial charge in [-0.3, -0.25) is 0 Å². The van der Waals surface area contributed by atoms with Gasteiger partial charge in [-0.05, 0) is 25.1 Å². The molecule has 0 aliphatic rings. The topological polar surface area (TPSA) is 77.0 Å². The maximum absolute atomic E-state index is 5.74. The van der Waals surface area contributed by atoms with Gasteiger partial charge < -0.3 is 24.8 Å². The summed E-state index contributed by atoms with van der Waals surface area (Å²) in [5.74, 6) is 2.07. The number of hydrogen-bond donors (Lipinski definition) is 2. The van der Waals surface area contributed by atoms with Crippen molar-refractivity contribution in [2.45, 2.75) is 19.9 Å². The quantitative estimate of drug-likeness (QED) is 0.379. The maximum atomic E-state index is 5.74. The molecule has 0 atom stereocenters. The normalized spacial score (nSPS) is 11.1. The van der Waals surface area contributed by atoms with Crippen LogP contribution < -0.4 is 20.1 Å². The van der Waals surface area contributed by atoms with Gasteiger partial charge in [-0.15, -0.1) is 0 Å². The number of rotatable bonds is 10. The summed E-state index contributed by atoms with van der Waals surface area (Å²) in [6.45, 7) is 4.53. The molecule has 1 aromatic carbocycles. The van der Waals surface area contributed by atoms with Gasteiger partial charge in [0.05, 0.1) is 26.0 Å². The molecule has 0 unspecified atom stereocenters. The number of nitrogens with one attached hydrogen (secondary N) is 2. The largest absolute Gasteiger partial charge is 0.493 e. The van der Waals surface area contributed by atoms with E-state index in [-0.39, 0.29) is 0 Å². The highest BCUT2D eigenvalue weighted by molar-refractivity contribution is 5.93. The molecule has 0 amide bonds. The van der Waals surface area contributed by atoms with Gasteiger partial charge in [0.2, 0.25) is 5.88 Å². The Bertz CT molecular complexity index is 722. The molecule has 0 fully saturated rings. The van der Waals surface area contributed by atoms with Crippen molar-refractivity contribution >= 4 is 11.6 Å². The van der Waals surface area contributed by atoms with Crippen molar-refractivity contribution in [3.8, 4) is 11.6 Å². The Kier molecular flexibility index (Phi) is 8.92. The number of aromatic nitrogens is 1. The van der Waals surface area contributed by atoms with Gasteiger partial charge in [0.15, 0.2) is 5.96 Å². The molecule has 0 radical (unpaired) electrons. The first-order valence-electron chi connectivity index (χ1n) is 9.02. The van der Waals surface area contributed by atoms with Crippen molar-refractivity contribution in [2.24, 2.45) is 4.99 Å². The third-order valence-electron chi connectivity index (χ3n) is 3.59. The predicted molar refractivity (Wildman–Crippen MR) is 108 cm³/mol. The van der Waals surface area contributed by atoms with Crippen LogP contribution in [0.3, 0.4) is 0 Å². The van der Waals surface area contributed by atoms with E-state index in [2.05, 4.69) is 20.6 Å². The number of nitrogens with zero attached hydrogens (tertiary/aromatic N) is 2. The van der Waals surface area contributed by atoms with Crippen LogP contribution in [0.4, 0.5) is 5.69 Å². The Labute approximate surface area is 160 Å². The molecular weight excluding hydrogens is 344 g/mol. The monoisotopic (exact) mass is 372 g/mol. The van der Waals surface area contributed by atoms with E-state index in [0.29, 0.717) is 31.6 Å². The molecule has 1 heterocycles. The summed E-state index contributed by atoms with van der Waals surface area (Å²) >= 11 is 0. The van der Waals surface area contributed by atoms with E-state index in [1.807, 2.05) is 49.4 Å². The van der Waals surface area contributed by atoms with Crippen LogP contribution in [-0.4, -0.2) is 44.9 Å². The summed E-state index contributed by atoms with van der Waals surface area (Å²) in [6, 6.07) is 13.4. The molecule has 2 rings (SSSR count). The third-order valence-corrected chi connectivity index (χ3v) is 3.59. The Morgan fingerprint density at radius 2 is 1.96 bits per heavy atom. The number of ether oxygens (including phenoxy) is 3. The number of pyridine rings is 1. The maximum Gasteiger partial charge on any atom is 0.213 e. The fraction of sp³-hybridized carbons (Fsp3) is 0.400. The Morgan fingerprint density at radius 3 is 2.74 bits per heavy atom. The molecular formula is C20H28N4O3. The van der Waals surface area contributed by atoms with Gasteiger partial charge in [0, 0.05) is 44.5 Å². The lowest BCUT2D eigenvalue weighted by Gasteiger charge is -2.13. The third kappa shape index (κ3) is 7.53. The highest BCUT2D eigenvalue weighted by Gasteiger charge is 2.03. The second-order valence-corrected chi connectivity index (χ2v) is 5.71. The Morgan fingerprint density at radius 1 is 1.11 bits per heavy atom. The van der Waals surface area contributed by atoms with E-state index >= 15 is 0 Å². The van der Waals surface area contributed by atoms with Crippen LogP contribution in [0.5, 0.6) is 11.6 Å². The smallest absolute Gasteiger partial charge is 0.213 e. The average Bonchev–Trinajstić information content (AvgIpc) is 2.70. The zero-order valence-electron chi connectivity index (χ0n) is 16.2. The van der Waals surface area contributed by atoms with E-state index in [4.69, 9.17) is 14.2 Å². The minimum absolute atomic E-state index is 0.444. The van der Waals surface area contributed by atoms with Crippen LogP contribution in [0, 0.1) is 0 Å². The number of aliphatic imine (C=N–C) groups is 1.